The zero-order chi connectivity index (χ0) is 12.7. The minimum atomic E-state index is -0.384. The minimum absolute atomic E-state index is 0.0401. The van der Waals surface area contributed by atoms with Crippen molar-refractivity contribution in [2.45, 2.75) is 33.1 Å². The molecule has 1 saturated heterocycles. The molecule has 0 bridgehead atoms. The summed E-state index contributed by atoms with van der Waals surface area (Å²) in [6.45, 7) is 5.81. The molecule has 1 N–H and O–H groups in total. The summed E-state index contributed by atoms with van der Waals surface area (Å²) in [7, 11) is 0. The first-order valence-corrected chi connectivity index (χ1v) is 6.35. The maximum atomic E-state index is 11.7. The molecule has 0 aromatic rings. The Morgan fingerprint density at radius 3 is 2.82 bits per heavy atom. The van der Waals surface area contributed by atoms with E-state index in [1.165, 1.54) is 6.42 Å². The molecule has 1 heterocycles. The Morgan fingerprint density at radius 1 is 1.41 bits per heavy atom. The van der Waals surface area contributed by atoms with E-state index in [1.54, 1.807) is 11.8 Å². The molecule has 17 heavy (non-hydrogen) atoms. The Morgan fingerprint density at radius 2 is 2.18 bits per heavy atom. The van der Waals surface area contributed by atoms with Gasteiger partial charge in [0.15, 0.2) is 0 Å². The van der Waals surface area contributed by atoms with Crippen LogP contribution in [0.3, 0.4) is 0 Å². The predicted octanol–water partition coefficient (Wildman–Crippen LogP) is 1.38. The topological polar surface area (TPSA) is 58.6 Å². The summed E-state index contributed by atoms with van der Waals surface area (Å²) in [6.07, 6.45) is 3.39. The molecule has 2 amide bonds. The quantitative estimate of drug-likeness (QED) is 0.741. The number of carbonyl (C=O) groups is 2. The molecule has 0 spiro atoms. The number of carbonyl (C=O) groups excluding carboxylic acids is 2. The second-order valence-electron chi connectivity index (χ2n) is 4.35. The van der Waals surface area contributed by atoms with Crippen molar-refractivity contribution in [1.29, 1.82) is 0 Å². The third-order valence-corrected chi connectivity index (χ3v) is 2.96. The number of ether oxygens (including phenoxy) is 1. The maximum Gasteiger partial charge on any atom is 0.325 e. The Labute approximate surface area is 102 Å². The third kappa shape index (κ3) is 4.63. The molecule has 0 saturated carbocycles. The number of amides is 2. The average Bonchev–Trinajstić information content (AvgIpc) is 2.75. The smallest absolute Gasteiger partial charge is 0.325 e. The summed E-state index contributed by atoms with van der Waals surface area (Å²) in [5, 5.41) is 2.58. The van der Waals surface area contributed by atoms with Gasteiger partial charge in [-0.15, -0.1) is 0 Å². The fraction of sp³-hybridized carbons (Fsp3) is 0.833. The zero-order valence-corrected chi connectivity index (χ0v) is 10.7. The molecule has 98 valence electrons. The molecule has 0 aromatic heterocycles. The van der Waals surface area contributed by atoms with E-state index in [4.69, 9.17) is 4.74 Å². The molecule has 0 radical (unpaired) electrons. The predicted molar refractivity (Wildman–Crippen MR) is 64.6 cm³/mol. The van der Waals surface area contributed by atoms with Gasteiger partial charge in [0.05, 0.1) is 6.61 Å². The molecule has 5 heteroatoms. The fourth-order valence-corrected chi connectivity index (χ4v) is 2.13. The van der Waals surface area contributed by atoms with Crippen LogP contribution >= 0.6 is 0 Å². The van der Waals surface area contributed by atoms with Gasteiger partial charge in [0.1, 0.15) is 6.54 Å². The van der Waals surface area contributed by atoms with Crippen molar-refractivity contribution in [2.24, 2.45) is 5.92 Å². The highest BCUT2D eigenvalue weighted by atomic mass is 16.5. The Balaban J connectivity index is 2.22. The second-order valence-corrected chi connectivity index (χ2v) is 4.35. The Hall–Kier alpha value is -1.26. The van der Waals surface area contributed by atoms with Crippen molar-refractivity contribution in [3.05, 3.63) is 0 Å². The summed E-state index contributed by atoms with van der Waals surface area (Å²) in [4.78, 5) is 24.6. The summed E-state index contributed by atoms with van der Waals surface area (Å²) >= 11 is 0. The Bertz CT molecular complexity index is 268. The molecule has 1 atom stereocenters. The highest BCUT2D eigenvalue weighted by Crippen LogP contribution is 2.20. The highest BCUT2D eigenvalue weighted by molar-refractivity contribution is 5.80. The van der Waals surface area contributed by atoms with Crippen molar-refractivity contribution < 1.29 is 14.3 Å². The lowest BCUT2D eigenvalue weighted by molar-refractivity contribution is -0.141. The maximum absolute atomic E-state index is 11.7. The van der Waals surface area contributed by atoms with E-state index in [0.29, 0.717) is 12.5 Å². The van der Waals surface area contributed by atoms with Crippen LogP contribution in [0.2, 0.25) is 0 Å². The molecular formula is C12H22N2O3. The van der Waals surface area contributed by atoms with Crippen LogP contribution in [0.15, 0.2) is 0 Å². The SMILES string of the molecule is CCCC1CCN(C(=O)NCC(=O)OCC)C1. The van der Waals surface area contributed by atoms with Gasteiger partial charge in [0.2, 0.25) is 0 Å². The van der Waals surface area contributed by atoms with Crippen molar-refractivity contribution in [3.63, 3.8) is 0 Å². The molecule has 1 rings (SSSR count). The fourth-order valence-electron chi connectivity index (χ4n) is 2.13. The molecule has 5 nitrogen and oxygen atoms in total. The summed E-state index contributed by atoms with van der Waals surface area (Å²) in [5.74, 6) is 0.235. The van der Waals surface area contributed by atoms with Crippen molar-refractivity contribution in [1.82, 2.24) is 10.2 Å². The second kappa shape index (κ2) is 7.14. The summed E-state index contributed by atoms with van der Waals surface area (Å²) < 4.78 is 4.74. The highest BCUT2D eigenvalue weighted by Gasteiger charge is 2.25. The van der Waals surface area contributed by atoms with Gasteiger partial charge in [-0.2, -0.15) is 0 Å². The van der Waals surface area contributed by atoms with Gasteiger partial charge in [0, 0.05) is 13.1 Å². The van der Waals surface area contributed by atoms with Crippen LogP contribution in [0.1, 0.15) is 33.1 Å². The van der Waals surface area contributed by atoms with E-state index in [-0.39, 0.29) is 18.5 Å². The largest absolute Gasteiger partial charge is 0.465 e. The van der Waals surface area contributed by atoms with Crippen LogP contribution in [-0.2, 0) is 9.53 Å². The first kappa shape index (κ1) is 13.8. The van der Waals surface area contributed by atoms with Gasteiger partial charge in [-0.05, 0) is 25.7 Å². The van der Waals surface area contributed by atoms with E-state index in [9.17, 15) is 9.59 Å². The van der Waals surface area contributed by atoms with Gasteiger partial charge in [-0.1, -0.05) is 13.3 Å². The number of hydrogen-bond acceptors (Lipinski definition) is 3. The number of nitrogens with zero attached hydrogens (tertiary/aromatic N) is 1. The third-order valence-electron chi connectivity index (χ3n) is 2.96. The number of nitrogens with one attached hydrogen (secondary N) is 1. The number of urea groups is 1. The van der Waals surface area contributed by atoms with Gasteiger partial charge in [-0.25, -0.2) is 4.79 Å². The van der Waals surface area contributed by atoms with Crippen LogP contribution in [0.25, 0.3) is 0 Å². The monoisotopic (exact) mass is 242 g/mol. The molecular weight excluding hydrogens is 220 g/mol. The van der Waals surface area contributed by atoms with Crippen molar-refractivity contribution in [2.75, 3.05) is 26.2 Å². The summed E-state index contributed by atoms with van der Waals surface area (Å²) in [5.41, 5.74) is 0. The van der Waals surface area contributed by atoms with Gasteiger partial charge in [-0.3, -0.25) is 4.79 Å². The number of likely N-dealkylation sites (tertiary alicyclic amines) is 1. The molecule has 1 aliphatic rings. The van der Waals surface area contributed by atoms with Crippen molar-refractivity contribution in [3.8, 4) is 0 Å². The minimum Gasteiger partial charge on any atom is -0.465 e. The molecule has 1 fully saturated rings. The first-order valence-electron chi connectivity index (χ1n) is 6.35. The number of hydrogen-bond donors (Lipinski definition) is 1. The Kier molecular flexibility index (Phi) is 5.80. The van der Waals surface area contributed by atoms with Crippen LogP contribution in [0, 0.1) is 5.92 Å². The normalized spacial score (nSPS) is 19.2. The van der Waals surface area contributed by atoms with E-state index < -0.39 is 0 Å². The zero-order valence-electron chi connectivity index (χ0n) is 10.7. The molecule has 1 unspecified atom stereocenters. The average molecular weight is 242 g/mol. The summed E-state index contributed by atoms with van der Waals surface area (Å²) in [6, 6.07) is -0.156. The van der Waals surface area contributed by atoms with Crippen molar-refractivity contribution >= 4 is 12.0 Å². The standard InChI is InChI=1S/C12H22N2O3/c1-3-5-10-6-7-14(9-10)12(16)13-8-11(15)17-4-2/h10H,3-9H2,1-2H3,(H,13,16). The molecule has 0 aromatic carbocycles. The number of rotatable bonds is 5. The lowest BCUT2D eigenvalue weighted by atomic mass is 10.0. The van der Waals surface area contributed by atoms with Crippen LogP contribution in [0.5, 0.6) is 0 Å². The van der Waals surface area contributed by atoms with Crippen LogP contribution in [0.4, 0.5) is 4.79 Å². The lowest BCUT2D eigenvalue weighted by Crippen LogP contribution is -2.41. The molecule has 0 aliphatic carbocycles. The van der Waals surface area contributed by atoms with E-state index in [1.807, 2.05) is 0 Å². The lowest BCUT2D eigenvalue weighted by Gasteiger charge is -2.16. The van der Waals surface area contributed by atoms with Crippen LogP contribution < -0.4 is 5.32 Å². The van der Waals surface area contributed by atoms with E-state index in [2.05, 4.69) is 12.2 Å². The van der Waals surface area contributed by atoms with Crippen LogP contribution in [-0.4, -0.2) is 43.1 Å². The van der Waals surface area contributed by atoms with Gasteiger partial charge in [0.25, 0.3) is 0 Å². The number of esters is 1. The van der Waals surface area contributed by atoms with Gasteiger partial charge >= 0.3 is 12.0 Å². The van der Waals surface area contributed by atoms with E-state index in [0.717, 1.165) is 25.9 Å². The van der Waals surface area contributed by atoms with Gasteiger partial charge < -0.3 is 15.0 Å². The molecule has 1 aliphatic heterocycles. The van der Waals surface area contributed by atoms with E-state index >= 15 is 0 Å². The first-order chi connectivity index (χ1) is 8.17.